The van der Waals surface area contributed by atoms with Gasteiger partial charge >= 0.3 is 0 Å². The van der Waals surface area contributed by atoms with Crippen molar-refractivity contribution in [2.75, 3.05) is 19.8 Å². The van der Waals surface area contributed by atoms with Gasteiger partial charge in [-0.3, -0.25) is 0 Å². The molecule has 1 amide bonds. The third-order valence-corrected chi connectivity index (χ3v) is 5.31. The second-order valence-electron chi connectivity index (χ2n) is 7.42. The summed E-state index contributed by atoms with van der Waals surface area (Å²) < 4.78 is -0.0159. The second kappa shape index (κ2) is 11.5. The summed E-state index contributed by atoms with van der Waals surface area (Å²) in [6.07, 6.45) is 14.8. The average Bonchev–Trinajstić information content (AvgIpc) is 2.99. The molecular formula is C20H38N2O2. The summed E-state index contributed by atoms with van der Waals surface area (Å²) in [6, 6.07) is 0. The van der Waals surface area contributed by atoms with E-state index >= 15 is 0 Å². The summed E-state index contributed by atoms with van der Waals surface area (Å²) in [5.74, 6) is 0.658. The van der Waals surface area contributed by atoms with Crippen LogP contribution in [0.1, 0.15) is 85.0 Å². The van der Waals surface area contributed by atoms with E-state index in [9.17, 15) is 9.90 Å². The molecule has 0 aromatic carbocycles. The highest BCUT2D eigenvalue weighted by molar-refractivity contribution is 5.55. The van der Waals surface area contributed by atoms with Gasteiger partial charge < -0.3 is 14.8 Å². The highest BCUT2D eigenvalue weighted by atomic mass is 16.4. The Morgan fingerprint density at radius 3 is 2.38 bits per heavy atom. The largest absolute Gasteiger partial charge is 0.498 e. The van der Waals surface area contributed by atoms with Crippen molar-refractivity contribution in [3.8, 4) is 0 Å². The lowest BCUT2D eigenvalue weighted by atomic mass is 9.99. The minimum absolute atomic E-state index is 0.0159. The molecule has 24 heavy (non-hydrogen) atoms. The van der Waals surface area contributed by atoms with Crippen molar-refractivity contribution in [3.63, 3.8) is 0 Å². The molecule has 1 rings (SSSR count). The fourth-order valence-electron chi connectivity index (χ4n) is 3.54. The molecule has 0 saturated heterocycles. The summed E-state index contributed by atoms with van der Waals surface area (Å²) in [5, 5.41) is 11.7. The molecule has 4 heteroatoms. The zero-order valence-corrected chi connectivity index (χ0v) is 16.1. The van der Waals surface area contributed by atoms with Crippen LogP contribution in [0.25, 0.3) is 0 Å². The third kappa shape index (κ3) is 6.84. The van der Waals surface area contributed by atoms with Crippen LogP contribution in [0.3, 0.4) is 0 Å². The van der Waals surface area contributed by atoms with Crippen LogP contribution in [-0.4, -0.2) is 35.2 Å². The van der Waals surface area contributed by atoms with Crippen LogP contribution in [0.2, 0.25) is 0 Å². The number of unbranched alkanes of at least 4 members (excludes halogenated alkanes) is 6. The fourth-order valence-corrected chi connectivity index (χ4v) is 3.54. The molecule has 0 aliphatic carbocycles. The zero-order chi connectivity index (χ0) is 17.8. The fraction of sp³-hybridized carbons (Fsp3) is 0.850. The number of hydrogen-bond acceptors (Lipinski definition) is 3. The third-order valence-electron chi connectivity index (χ3n) is 5.31. The Morgan fingerprint density at radius 1 is 1.08 bits per heavy atom. The minimum Gasteiger partial charge on any atom is -0.498 e. The molecule has 0 N–H and O–H groups in total. The number of quaternary nitrogens is 1. The van der Waals surface area contributed by atoms with E-state index in [1.807, 2.05) is 12.4 Å². The molecule has 2 unspecified atom stereocenters. The second-order valence-corrected chi connectivity index (χ2v) is 7.42. The lowest BCUT2D eigenvalue weighted by Gasteiger charge is -2.33. The number of amides is 1. The molecule has 0 aromatic rings. The highest BCUT2D eigenvalue weighted by Gasteiger charge is 2.34. The maximum absolute atomic E-state index is 11.7. The Hall–Kier alpha value is -1.03. The van der Waals surface area contributed by atoms with Gasteiger partial charge in [-0.05, 0) is 25.2 Å². The normalized spacial score (nSPS) is 21.4. The van der Waals surface area contributed by atoms with E-state index < -0.39 is 6.09 Å². The number of carbonyl (C=O) groups is 1. The van der Waals surface area contributed by atoms with Crippen LogP contribution < -0.4 is 5.11 Å². The van der Waals surface area contributed by atoms with Crippen LogP contribution in [-0.2, 0) is 0 Å². The van der Waals surface area contributed by atoms with Crippen molar-refractivity contribution in [3.05, 3.63) is 12.4 Å². The molecule has 140 valence electrons. The van der Waals surface area contributed by atoms with Gasteiger partial charge in [0.25, 0.3) is 6.09 Å². The first-order valence-corrected chi connectivity index (χ1v) is 10.1. The molecule has 1 aliphatic rings. The van der Waals surface area contributed by atoms with Crippen molar-refractivity contribution in [2.45, 2.75) is 85.0 Å². The molecule has 0 bridgehead atoms. The van der Waals surface area contributed by atoms with Crippen molar-refractivity contribution < 1.29 is 14.4 Å². The Bertz CT molecular complexity index is 384. The summed E-state index contributed by atoms with van der Waals surface area (Å²) in [5.41, 5.74) is 0. The number of carboxylic acid groups (broad SMARTS) is 1. The molecule has 0 spiro atoms. The Morgan fingerprint density at radius 2 is 1.75 bits per heavy atom. The van der Waals surface area contributed by atoms with Crippen molar-refractivity contribution in [1.29, 1.82) is 0 Å². The maximum atomic E-state index is 11.7. The zero-order valence-electron chi connectivity index (χ0n) is 16.1. The smallest absolute Gasteiger partial charge is 0.263 e. The maximum Gasteiger partial charge on any atom is 0.263 e. The van der Waals surface area contributed by atoms with Crippen LogP contribution in [0.4, 0.5) is 4.79 Å². The quantitative estimate of drug-likeness (QED) is 0.368. The van der Waals surface area contributed by atoms with Gasteiger partial charge in [0.05, 0.1) is 12.7 Å². The Kier molecular flexibility index (Phi) is 10.1. The number of rotatable bonds is 13. The van der Waals surface area contributed by atoms with E-state index in [4.69, 9.17) is 0 Å². The van der Waals surface area contributed by atoms with Crippen molar-refractivity contribution >= 4 is 6.09 Å². The van der Waals surface area contributed by atoms with E-state index in [2.05, 4.69) is 25.7 Å². The highest BCUT2D eigenvalue weighted by Crippen LogP contribution is 2.23. The summed E-state index contributed by atoms with van der Waals surface area (Å²) in [6.45, 7) is 8.84. The van der Waals surface area contributed by atoms with E-state index in [-0.39, 0.29) is 4.48 Å². The van der Waals surface area contributed by atoms with Gasteiger partial charge in [0.2, 0.25) is 0 Å². The van der Waals surface area contributed by atoms with Crippen LogP contribution in [0.15, 0.2) is 12.4 Å². The van der Waals surface area contributed by atoms with Gasteiger partial charge in [0.15, 0.2) is 6.67 Å². The molecule has 2 atom stereocenters. The van der Waals surface area contributed by atoms with E-state index in [0.29, 0.717) is 19.1 Å². The molecule has 0 aromatic heterocycles. The number of carbonyl (C=O) groups excluding carboxylic acids is 1. The topological polar surface area (TPSA) is 43.4 Å². The first-order chi connectivity index (χ1) is 11.6. The standard InChI is InChI=1S/C20H38N2O2/c1-4-7-9-10-11-12-15-22(20(23)24)16-14-21(18-22)17-19(6-3)13-8-5-2/h14,16,19H,4-13,15,17-18H2,1-3H3. The Labute approximate surface area is 149 Å². The predicted octanol–water partition coefficient (Wildman–Crippen LogP) is 4.47. The van der Waals surface area contributed by atoms with Crippen LogP contribution in [0.5, 0.6) is 0 Å². The first-order valence-electron chi connectivity index (χ1n) is 10.1. The molecule has 1 aliphatic heterocycles. The summed E-state index contributed by atoms with van der Waals surface area (Å²) >= 11 is 0. The van der Waals surface area contributed by atoms with Crippen LogP contribution >= 0.6 is 0 Å². The number of nitrogens with zero attached hydrogens (tertiary/aromatic N) is 2. The summed E-state index contributed by atoms with van der Waals surface area (Å²) in [4.78, 5) is 13.9. The SMILES string of the molecule is CCCCCCCC[N+]1(C(=O)[O-])C=CN(CC(CC)CCCC)C1. The molecular weight excluding hydrogens is 300 g/mol. The molecule has 0 radical (unpaired) electrons. The monoisotopic (exact) mass is 338 g/mol. The molecule has 0 fully saturated rings. The number of hydrogen-bond donors (Lipinski definition) is 0. The average molecular weight is 339 g/mol. The lowest BCUT2D eigenvalue weighted by molar-refractivity contribution is -0.830. The van der Waals surface area contributed by atoms with Gasteiger partial charge in [-0.25, -0.2) is 4.48 Å². The van der Waals surface area contributed by atoms with Gasteiger partial charge in [-0.1, -0.05) is 65.7 Å². The van der Waals surface area contributed by atoms with Crippen molar-refractivity contribution in [2.24, 2.45) is 5.92 Å². The van der Waals surface area contributed by atoms with E-state index in [1.165, 1.54) is 44.9 Å². The Balaban J connectivity index is 2.43. The van der Waals surface area contributed by atoms with Crippen LogP contribution in [0, 0.1) is 5.92 Å². The van der Waals surface area contributed by atoms with Gasteiger partial charge in [-0.15, -0.1) is 0 Å². The van der Waals surface area contributed by atoms with Gasteiger partial charge in [-0.2, -0.15) is 0 Å². The summed E-state index contributed by atoms with van der Waals surface area (Å²) in [7, 11) is 0. The van der Waals surface area contributed by atoms with Gasteiger partial charge in [0, 0.05) is 6.54 Å². The molecule has 4 nitrogen and oxygen atoms in total. The minimum atomic E-state index is -0.955. The van der Waals surface area contributed by atoms with E-state index in [0.717, 1.165) is 25.8 Å². The van der Waals surface area contributed by atoms with E-state index in [1.54, 1.807) is 0 Å². The molecule has 0 saturated carbocycles. The van der Waals surface area contributed by atoms with Gasteiger partial charge in [0.1, 0.15) is 6.20 Å². The molecule has 1 heterocycles. The van der Waals surface area contributed by atoms with Crippen molar-refractivity contribution in [1.82, 2.24) is 4.90 Å². The first kappa shape index (κ1) is 21.0. The lowest BCUT2D eigenvalue weighted by Crippen LogP contribution is -2.56. The predicted molar refractivity (Wildman–Crippen MR) is 97.9 cm³/mol.